The van der Waals surface area contributed by atoms with Gasteiger partial charge in [0.05, 0.1) is 18.7 Å². The van der Waals surface area contributed by atoms with Crippen LogP contribution in [0, 0.1) is 5.92 Å². The number of nitrogens with one attached hydrogen (secondary N) is 1. The number of carbonyl (C=O) groups excluding carboxylic acids is 1. The summed E-state index contributed by atoms with van der Waals surface area (Å²) in [7, 11) is 1.58. The molecule has 8 nitrogen and oxygen atoms in total. The minimum atomic E-state index is -0.571. The Hall–Kier alpha value is -2.45. The van der Waals surface area contributed by atoms with Crippen LogP contribution in [0.2, 0.25) is 0 Å². The van der Waals surface area contributed by atoms with Crippen molar-refractivity contribution < 1.29 is 18.8 Å². The quantitative estimate of drug-likeness (QED) is 0.806. The number of nitrogens with two attached hydrogens (primary N) is 1. The Labute approximate surface area is 152 Å². The van der Waals surface area contributed by atoms with Gasteiger partial charge in [0.1, 0.15) is 11.8 Å². The van der Waals surface area contributed by atoms with Gasteiger partial charge in [-0.05, 0) is 37.8 Å². The van der Waals surface area contributed by atoms with Gasteiger partial charge < -0.3 is 25.0 Å². The van der Waals surface area contributed by atoms with Crippen molar-refractivity contribution in [3.05, 3.63) is 30.2 Å². The average Bonchev–Trinajstić information content (AvgIpc) is 3.18. The third-order valence-electron chi connectivity index (χ3n) is 4.60. The van der Waals surface area contributed by atoms with Crippen molar-refractivity contribution in [3.8, 4) is 17.1 Å². The van der Waals surface area contributed by atoms with Crippen LogP contribution >= 0.6 is 0 Å². The number of aromatic nitrogens is 2. The SMILES string of the molecule is COc1ccccc1-c1noc(C(C)NC(=O)C(N)C2CCOCC2)n1. The van der Waals surface area contributed by atoms with Gasteiger partial charge in [-0.15, -0.1) is 0 Å². The van der Waals surface area contributed by atoms with Crippen LogP contribution < -0.4 is 15.8 Å². The Kier molecular flexibility index (Phi) is 5.85. The van der Waals surface area contributed by atoms with Crippen molar-refractivity contribution >= 4 is 5.91 Å². The van der Waals surface area contributed by atoms with Crippen LogP contribution in [-0.4, -0.2) is 42.4 Å². The summed E-state index contributed by atoms with van der Waals surface area (Å²) in [5, 5.41) is 6.85. The van der Waals surface area contributed by atoms with Crippen LogP contribution in [0.3, 0.4) is 0 Å². The molecule has 1 saturated heterocycles. The Morgan fingerprint density at radius 2 is 2.08 bits per heavy atom. The number of hydrogen-bond donors (Lipinski definition) is 2. The number of nitrogens with zero attached hydrogens (tertiary/aromatic N) is 2. The van der Waals surface area contributed by atoms with Crippen molar-refractivity contribution in [3.63, 3.8) is 0 Å². The minimum Gasteiger partial charge on any atom is -0.496 e. The highest BCUT2D eigenvalue weighted by Crippen LogP contribution is 2.28. The monoisotopic (exact) mass is 360 g/mol. The summed E-state index contributed by atoms with van der Waals surface area (Å²) in [4.78, 5) is 16.8. The van der Waals surface area contributed by atoms with E-state index < -0.39 is 12.1 Å². The summed E-state index contributed by atoms with van der Waals surface area (Å²) in [5.41, 5.74) is 6.83. The van der Waals surface area contributed by atoms with E-state index >= 15 is 0 Å². The molecule has 8 heteroatoms. The molecule has 1 aromatic heterocycles. The highest BCUT2D eigenvalue weighted by atomic mass is 16.5. The Morgan fingerprint density at radius 1 is 1.35 bits per heavy atom. The van der Waals surface area contributed by atoms with Gasteiger partial charge in [-0.25, -0.2) is 0 Å². The van der Waals surface area contributed by atoms with E-state index in [0.29, 0.717) is 30.7 Å². The normalized spacial score (nSPS) is 17.5. The first kappa shape index (κ1) is 18.3. The number of hydrogen-bond acceptors (Lipinski definition) is 7. The smallest absolute Gasteiger partial charge is 0.249 e. The fourth-order valence-corrected chi connectivity index (χ4v) is 3.01. The highest BCUT2D eigenvalue weighted by molar-refractivity contribution is 5.82. The van der Waals surface area contributed by atoms with E-state index in [1.807, 2.05) is 24.3 Å². The lowest BCUT2D eigenvalue weighted by atomic mass is 9.92. The summed E-state index contributed by atoms with van der Waals surface area (Å²) in [6.07, 6.45) is 1.59. The van der Waals surface area contributed by atoms with E-state index in [9.17, 15) is 4.79 Å². The summed E-state index contributed by atoms with van der Waals surface area (Å²) in [5.74, 6) is 1.29. The lowest BCUT2D eigenvalue weighted by Gasteiger charge is -2.27. The van der Waals surface area contributed by atoms with Crippen LogP contribution in [0.5, 0.6) is 5.75 Å². The molecule has 2 aromatic rings. The summed E-state index contributed by atoms with van der Waals surface area (Å²) < 4.78 is 15.9. The predicted octanol–water partition coefficient (Wildman–Crippen LogP) is 1.68. The van der Waals surface area contributed by atoms with Gasteiger partial charge in [-0.3, -0.25) is 4.79 Å². The molecule has 1 aliphatic rings. The van der Waals surface area contributed by atoms with E-state index in [0.717, 1.165) is 18.4 Å². The number of benzene rings is 1. The molecule has 0 bridgehead atoms. The van der Waals surface area contributed by atoms with Crippen molar-refractivity contribution in [1.82, 2.24) is 15.5 Å². The molecule has 26 heavy (non-hydrogen) atoms. The summed E-state index contributed by atoms with van der Waals surface area (Å²) >= 11 is 0. The molecule has 1 amide bonds. The third-order valence-corrected chi connectivity index (χ3v) is 4.60. The van der Waals surface area contributed by atoms with Gasteiger partial charge in [-0.2, -0.15) is 4.98 Å². The fraction of sp³-hybridized carbons (Fsp3) is 0.500. The first-order valence-corrected chi connectivity index (χ1v) is 8.71. The Morgan fingerprint density at radius 3 is 2.81 bits per heavy atom. The number of carbonyl (C=O) groups is 1. The molecule has 140 valence electrons. The fourth-order valence-electron chi connectivity index (χ4n) is 3.01. The second-order valence-electron chi connectivity index (χ2n) is 6.36. The highest BCUT2D eigenvalue weighted by Gasteiger charge is 2.28. The standard InChI is InChI=1S/C18H24N4O4/c1-11(20-17(23)15(19)12-7-9-25-10-8-12)18-21-16(22-26-18)13-5-3-4-6-14(13)24-2/h3-6,11-12,15H,7-10,19H2,1-2H3,(H,20,23). The molecule has 1 aliphatic heterocycles. The second-order valence-corrected chi connectivity index (χ2v) is 6.36. The second kappa shape index (κ2) is 8.29. The molecule has 3 rings (SSSR count). The maximum atomic E-state index is 12.4. The number of rotatable bonds is 6. The zero-order chi connectivity index (χ0) is 18.5. The molecule has 2 atom stereocenters. The molecule has 2 unspecified atom stereocenters. The number of amides is 1. The molecule has 1 fully saturated rings. The molecule has 1 aromatic carbocycles. The van der Waals surface area contributed by atoms with Crippen molar-refractivity contribution in [1.29, 1.82) is 0 Å². The zero-order valence-electron chi connectivity index (χ0n) is 15.0. The van der Waals surface area contributed by atoms with Crippen molar-refractivity contribution in [2.24, 2.45) is 11.7 Å². The van der Waals surface area contributed by atoms with E-state index in [4.69, 9.17) is 19.7 Å². The van der Waals surface area contributed by atoms with E-state index in [1.165, 1.54) is 0 Å². The predicted molar refractivity (Wildman–Crippen MR) is 94.4 cm³/mol. The topological polar surface area (TPSA) is 113 Å². The van der Waals surface area contributed by atoms with E-state index in [1.54, 1.807) is 14.0 Å². The van der Waals surface area contributed by atoms with Crippen LogP contribution in [0.4, 0.5) is 0 Å². The number of ether oxygens (including phenoxy) is 2. The molecular weight excluding hydrogens is 336 g/mol. The molecule has 0 spiro atoms. The third kappa shape index (κ3) is 4.03. The molecule has 2 heterocycles. The number of para-hydroxylation sites is 1. The summed E-state index contributed by atoms with van der Waals surface area (Å²) in [6.45, 7) is 3.08. The first-order chi connectivity index (χ1) is 12.6. The van der Waals surface area contributed by atoms with Gasteiger partial charge in [0.25, 0.3) is 0 Å². The van der Waals surface area contributed by atoms with Crippen molar-refractivity contribution in [2.45, 2.75) is 31.8 Å². The largest absolute Gasteiger partial charge is 0.496 e. The van der Waals surface area contributed by atoms with Crippen LogP contribution in [0.1, 0.15) is 31.7 Å². The maximum Gasteiger partial charge on any atom is 0.249 e. The molecule has 3 N–H and O–H groups in total. The Bertz CT molecular complexity index is 742. The van der Waals surface area contributed by atoms with Gasteiger partial charge >= 0.3 is 0 Å². The average molecular weight is 360 g/mol. The first-order valence-electron chi connectivity index (χ1n) is 8.71. The molecule has 0 aliphatic carbocycles. The molecular formula is C18H24N4O4. The van der Waals surface area contributed by atoms with Gasteiger partial charge in [0, 0.05) is 13.2 Å². The van der Waals surface area contributed by atoms with Crippen LogP contribution in [0.25, 0.3) is 11.4 Å². The van der Waals surface area contributed by atoms with Gasteiger partial charge in [0.15, 0.2) is 0 Å². The van der Waals surface area contributed by atoms with Gasteiger partial charge in [0.2, 0.25) is 17.6 Å². The number of methoxy groups -OCH3 is 1. The lowest BCUT2D eigenvalue weighted by Crippen LogP contribution is -2.47. The van der Waals surface area contributed by atoms with Crippen LogP contribution in [-0.2, 0) is 9.53 Å². The Balaban J connectivity index is 1.66. The maximum absolute atomic E-state index is 12.4. The van der Waals surface area contributed by atoms with E-state index in [2.05, 4.69) is 15.5 Å². The van der Waals surface area contributed by atoms with Crippen molar-refractivity contribution in [2.75, 3.05) is 20.3 Å². The zero-order valence-corrected chi connectivity index (χ0v) is 15.0. The molecule has 0 radical (unpaired) electrons. The van der Waals surface area contributed by atoms with Crippen LogP contribution in [0.15, 0.2) is 28.8 Å². The van der Waals surface area contributed by atoms with Gasteiger partial charge in [-0.1, -0.05) is 17.3 Å². The van der Waals surface area contributed by atoms with E-state index in [-0.39, 0.29) is 11.8 Å². The molecule has 0 saturated carbocycles. The minimum absolute atomic E-state index is 0.128. The summed E-state index contributed by atoms with van der Waals surface area (Å²) in [6, 6.07) is 6.39. The lowest BCUT2D eigenvalue weighted by molar-refractivity contribution is -0.125.